The maximum Gasteiger partial charge on any atom is 0.136 e. The Labute approximate surface area is 85.1 Å². The highest BCUT2D eigenvalue weighted by Crippen LogP contribution is 2.21. The Morgan fingerprint density at radius 1 is 1.50 bits per heavy atom. The van der Waals surface area contributed by atoms with Crippen molar-refractivity contribution < 1.29 is 9.52 Å². The van der Waals surface area contributed by atoms with Crippen LogP contribution in [0, 0.1) is 6.92 Å². The van der Waals surface area contributed by atoms with Crippen molar-refractivity contribution in [2.24, 2.45) is 0 Å². The topological polar surface area (TPSA) is 45.4 Å². The standard InChI is InChI=1S/C11H19NO2/c1-8(2)12-7-11(4,13)10-6-5-9(3)14-10/h5-6,8,12-13H,7H2,1-4H3. The van der Waals surface area contributed by atoms with Crippen molar-refractivity contribution in [2.45, 2.75) is 39.3 Å². The van der Waals surface area contributed by atoms with E-state index >= 15 is 0 Å². The van der Waals surface area contributed by atoms with E-state index in [-0.39, 0.29) is 0 Å². The number of nitrogens with one attached hydrogen (secondary N) is 1. The Morgan fingerprint density at radius 3 is 2.57 bits per heavy atom. The van der Waals surface area contributed by atoms with Crippen LogP contribution in [-0.2, 0) is 5.60 Å². The molecule has 0 fully saturated rings. The first kappa shape index (κ1) is 11.3. The molecule has 0 aliphatic heterocycles. The second-order valence-corrected chi connectivity index (χ2v) is 4.22. The zero-order valence-electron chi connectivity index (χ0n) is 9.29. The van der Waals surface area contributed by atoms with E-state index in [0.29, 0.717) is 18.3 Å². The molecule has 1 atom stereocenters. The number of rotatable bonds is 4. The monoisotopic (exact) mass is 197 g/mol. The summed E-state index contributed by atoms with van der Waals surface area (Å²) in [6.07, 6.45) is 0. The molecular weight excluding hydrogens is 178 g/mol. The molecule has 14 heavy (non-hydrogen) atoms. The van der Waals surface area contributed by atoms with E-state index < -0.39 is 5.60 Å². The van der Waals surface area contributed by atoms with Crippen LogP contribution >= 0.6 is 0 Å². The highest BCUT2D eigenvalue weighted by Gasteiger charge is 2.26. The highest BCUT2D eigenvalue weighted by atomic mass is 16.4. The maximum absolute atomic E-state index is 10.1. The third-order valence-corrected chi connectivity index (χ3v) is 2.13. The van der Waals surface area contributed by atoms with Crippen molar-refractivity contribution in [3.8, 4) is 0 Å². The molecule has 1 heterocycles. The minimum absolute atomic E-state index is 0.359. The molecular formula is C11H19NO2. The van der Waals surface area contributed by atoms with Crippen molar-refractivity contribution in [3.05, 3.63) is 23.7 Å². The summed E-state index contributed by atoms with van der Waals surface area (Å²) in [5.74, 6) is 1.44. The normalized spacial score (nSPS) is 15.9. The molecule has 0 spiro atoms. The van der Waals surface area contributed by atoms with Gasteiger partial charge in [0.15, 0.2) is 0 Å². The van der Waals surface area contributed by atoms with Gasteiger partial charge in [-0.05, 0) is 26.0 Å². The summed E-state index contributed by atoms with van der Waals surface area (Å²) >= 11 is 0. The summed E-state index contributed by atoms with van der Waals surface area (Å²) < 4.78 is 5.39. The average Bonchev–Trinajstić information content (AvgIpc) is 2.49. The lowest BCUT2D eigenvalue weighted by molar-refractivity contribution is 0.0318. The second kappa shape index (κ2) is 4.15. The van der Waals surface area contributed by atoms with E-state index in [1.165, 1.54) is 0 Å². The molecule has 0 saturated carbocycles. The second-order valence-electron chi connectivity index (χ2n) is 4.22. The van der Waals surface area contributed by atoms with Gasteiger partial charge in [-0.2, -0.15) is 0 Å². The summed E-state index contributed by atoms with van der Waals surface area (Å²) in [6, 6.07) is 4.04. The molecule has 80 valence electrons. The van der Waals surface area contributed by atoms with Gasteiger partial charge in [0.25, 0.3) is 0 Å². The van der Waals surface area contributed by atoms with Crippen LogP contribution in [0.25, 0.3) is 0 Å². The van der Waals surface area contributed by atoms with Crippen LogP contribution in [0.2, 0.25) is 0 Å². The molecule has 0 aliphatic carbocycles. The quantitative estimate of drug-likeness (QED) is 0.773. The number of furan rings is 1. The van der Waals surface area contributed by atoms with E-state index in [1.54, 1.807) is 6.92 Å². The Morgan fingerprint density at radius 2 is 2.14 bits per heavy atom. The van der Waals surface area contributed by atoms with E-state index in [1.807, 2.05) is 32.9 Å². The lowest BCUT2D eigenvalue weighted by Gasteiger charge is -2.22. The fourth-order valence-corrected chi connectivity index (χ4v) is 1.21. The first-order valence-electron chi connectivity index (χ1n) is 4.94. The van der Waals surface area contributed by atoms with Gasteiger partial charge in [-0.1, -0.05) is 13.8 Å². The van der Waals surface area contributed by atoms with E-state index in [0.717, 1.165) is 5.76 Å². The molecule has 1 aromatic heterocycles. The molecule has 2 N–H and O–H groups in total. The summed E-state index contributed by atoms with van der Waals surface area (Å²) in [5.41, 5.74) is -0.932. The zero-order valence-corrected chi connectivity index (χ0v) is 9.29. The molecule has 0 radical (unpaired) electrons. The van der Waals surface area contributed by atoms with Gasteiger partial charge in [0.05, 0.1) is 0 Å². The summed E-state index contributed by atoms with van der Waals surface area (Å²) in [6.45, 7) is 8.21. The Hall–Kier alpha value is -0.800. The van der Waals surface area contributed by atoms with Crippen LogP contribution in [0.1, 0.15) is 32.3 Å². The van der Waals surface area contributed by atoms with Gasteiger partial charge in [0, 0.05) is 12.6 Å². The van der Waals surface area contributed by atoms with E-state index in [9.17, 15) is 5.11 Å². The third kappa shape index (κ3) is 2.86. The van der Waals surface area contributed by atoms with Crippen molar-refractivity contribution >= 4 is 0 Å². The number of aryl methyl sites for hydroxylation is 1. The third-order valence-electron chi connectivity index (χ3n) is 2.13. The molecule has 3 nitrogen and oxygen atoms in total. The minimum Gasteiger partial charge on any atom is -0.463 e. The molecule has 0 bridgehead atoms. The molecule has 1 rings (SSSR count). The lowest BCUT2D eigenvalue weighted by Crippen LogP contribution is -2.38. The number of hydrogen-bond donors (Lipinski definition) is 2. The average molecular weight is 197 g/mol. The molecule has 3 heteroatoms. The molecule has 1 unspecified atom stereocenters. The first-order valence-corrected chi connectivity index (χ1v) is 4.94. The summed E-state index contributed by atoms with van der Waals surface area (Å²) in [5, 5.41) is 13.3. The van der Waals surface area contributed by atoms with Crippen LogP contribution < -0.4 is 5.32 Å². The van der Waals surface area contributed by atoms with Gasteiger partial charge in [-0.15, -0.1) is 0 Å². The molecule has 1 aromatic rings. The molecule has 0 aromatic carbocycles. The fourth-order valence-electron chi connectivity index (χ4n) is 1.21. The van der Waals surface area contributed by atoms with Crippen LogP contribution in [0.4, 0.5) is 0 Å². The van der Waals surface area contributed by atoms with E-state index in [2.05, 4.69) is 5.32 Å². The summed E-state index contributed by atoms with van der Waals surface area (Å²) in [4.78, 5) is 0. The van der Waals surface area contributed by atoms with Crippen LogP contribution in [-0.4, -0.2) is 17.7 Å². The smallest absolute Gasteiger partial charge is 0.136 e. The number of aliphatic hydroxyl groups is 1. The fraction of sp³-hybridized carbons (Fsp3) is 0.636. The SMILES string of the molecule is Cc1ccc(C(C)(O)CNC(C)C)o1. The largest absolute Gasteiger partial charge is 0.463 e. The van der Waals surface area contributed by atoms with Gasteiger partial charge in [-0.3, -0.25) is 0 Å². The predicted molar refractivity (Wildman–Crippen MR) is 56.2 cm³/mol. The number of hydrogen-bond acceptors (Lipinski definition) is 3. The van der Waals surface area contributed by atoms with Crippen molar-refractivity contribution in [3.63, 3.8) is 0 Å². The maximum atomic E-state index is 10.1. The zero-order chi connectivity index (χ0) is 10.8. The predicted octanol–water partition coefficient (Wildman–Crippen LogP) is 1.79. The summed E-state index contributed by atoms with van der Waals surface area (Å²) in [7, 11) is 0. The first-order chi connectivity index (χ1) is 6.42. The van der Waals surface area contributed by atoms with Crippen LogP contribution in [0.5, 0.6) is 0 Å². The minimum atomic E-state index is -0.932. The van der Waals surface area contributed by atoms with Crippen LogP contribution in [0.15, 0.2) is 16.5 Å². The van der Waals surface area contributed by atoms with Gasteiger partial charge in [0.2, 0.25) is 0 Å². The Balaban J connectivity index is 2.65. The molecule has 0 saturated heterocycles. The lowest BCUT2D eigenvalue weighted by atomic mass is 10.0. The van der Waals surface area contributed by atoms with Crippen molar-refractivity contribution in [1.29, 1.82) is 0 Å². The van der Waals surface area contributed by atoms with E-state index in [4.69, 9.17) is 4.42 Å². The van der Waals surface area contributed by atoms with Crippen molar-refractivity contribution in [2.75, 3.05) is 6.54 Å². The highest BCUT2D eigenvalue weighted by molar-refractivity contribution is 5.12. The Kier molecular flexibility index (Phi) is 3.34. The Bertz CT molecular complexity index is 289. The molecule has 0 aliphatic rings. The van der Waals surface area contributed by atoms with Crippen LogP contribution in [0.3, 0.4) is 0 Å². The van der Waals surface area contributed by atoms with Gasteiger partial charge in [0.1, 0.15) is 17.1 Å². The van der Waals surface area contributed by atoms with Gasteiger partial charge in [-0.25, -0.2) is 0 Å². The van der Waals surface area contributed by atoms with Gasteiger partial charge < -0.3 is 14.8 Å². The molecule has 0 amide bonds. The van der Waals surface area contributed by atoms with Crippen molar-refractivity contribution in [1.82, 2.24) is 5.32 Å². The van der Waals surface area contributed by atoms with Gasteiger partial charge >= 0.3 is 0 Å².